The molecule has 0 N–H and O–H groups in total. The van der Waals surface area contributed by atoms with Gasteiger partial charge in [0, 0.05) is 6.42 Å². The molecule has 3 heteroatoms. The van der Waals surface area contributed by atoms with Gasteiger partial charge in [-0.1, -0.05) is 24.3 Å². The summed E-state index contributed by atoms with van der Waals surface area (Å²) in [5, 5.41) is 0. The number of hydrogen-bond donors (Lipinski definition) is 0. The average molecular weight is 274 g/mol. The SMILES string of the molecule is Fc1ccc(CCC2Cc3c(F)cccc3CO2)cc1. The summed E-state index contributed by atoms with van der Waals surface area (Å²) in [4.78, 5) is 0. The first-order valence-electron chi connectivity index (χ1n) is 6.84. The average Bonchev–Trinajstić information content (AvgIpc) is 2.47. The molecule has 0 saturated heterocycles. The fourth-order valence-corrected chi connectivity index (χ4v) is 2.63. The Morgan fingerprint density at radius 1 is 1.05 bits per heavy atom. The van der Waals surface area contributed by atoms with E-state index in [-0.39, 0.29) is 17.7 Å². The van der Waals surface area contributed by atoms with Crippen LogP contribution in [-0.2, 0) is 24.2 Å². The van der Waals surface area contributed by atoms with Gasteiger partial charge < -0.3 is 4.74 Å². The Morgan fingerprint density at radius 3 is 2.65 bits per heavy atom. The molecule has 1 aliphatic rings. The van der Waals surface area contributed by atoms with Crippen molar-refractivity contribution in [2.24, 2.45) is 0 Å². The van der Waals surface area contributed by atoms with Gasteiger partial charge in [0.15, 0.2) is 0 Å². The highest BCUT2D eigenvalue weighted by Crippen LogP contribution is 2.25. The zero-order valence-electron chi connectivity index (χ0n) is 11.1. The molecular weight excluding hydrogens is 258 g/mol. The first-order chi connectivity index (χ1) is 9.72. The number of benzene rings is 2. The lowest BCUT2D eigenvalue weighted by molar-refractivity contribution is 0.0224. The van der Waals surface area contributed by atoms with Crippen LogP contribution in [0.2, 0.25) is 0 Å². The van der Waals surface area contributed by atoms with E-state index >= 15 is 0 Å². The van der Waals surface area contributed by atoms with Gasteiger partial charge in [-0.3, -0.25) is 0 Å². The molecule has 1 unspecified atom stereocenters. The van der Waals surface area contributed by atoms with Crippen LogP contribution in [0.15, 0.2) is 42.5 Å². The molecule has 1 nitrogen and oxygen atoms in total. The van der Waals surface area contributed by atoms with Crippen LogP contribution in [0.3, 0.4) is 0 Å². The second-order valence-corrected chi connectivity index (χ2v) is 5.18. The van der Waals surface area contributed by atoms with Gasteiger partial charge in [0.25, 0.3) is 0 Å². The predicted molar refractivity (Wildman–Crippen MR) is 73.4 cm³/mol. The van der Waals surface area contributed by atoms with Crippen molar-refractivity contribution in [3.8, 4) is 0 Å². The standard InChI is InChI=1S/C17H16F2O/c18-14-7-4-12(5-8-14)6-9-15-10-16-13(11-20-15)2-1-3-17(16)19/h1-5,7-8,15H,6,9-11H2. The molecule has 0 spiro atoms. The monoisotopic (exact) mass is 274 g/mol. The van der Waals surface area contributed by atoms with Gasteiger partial charge in [0.2, 0.25) is 0 Å². The third-order valence-electron chi connectivity index (χ3n) is 3.79. The van der Waals surface area contributed by atoms with E-state index in [9.17, 15) is 8.78 Å². The molecule has 104 valence electrons. The predicted octanol–water partition coefficient (Wildman–Crippen LogP) is 4.04. The van der Waals surface area contributed by atoms with Crippen molar-refractivity contribution < 1.29 is 13.5 Å². The van der Waals surface area contributed by atoms with E-state index in [2.05, 4.69) is 0 Å². The molecule has 20 heavy (non-hydrogen) atoms. The molecule has 0 aliphatic carbocycles. The van der Waals surface area contributed by atoms with Crippen molar-refractivity contribution in [3.05, 3.63) is 70.8 Å². The van der Waals surface area contributed by atoms with Gasteiger partial charge in [-0.05, 0) is 47.7 Å². The zero-order valence-corrected chi connectivity index (χ0v) is 11.1. The number of fused-ring (bicyclic) bond motifs is 1. The number of aryl methyl sites for hydroxylation is 1. The lowest BCUT2D eigenvalue weighted by Gasteiger charge is -2.25. The van der Waals surface area contributed by atoms with E-state index in [0.717, 1.165) is 29.5 Å². The van der Waals surface area contributed by atoms with Crippen molar-refractivity contribution in [2.45, 2.75) is 32.0 Å². The van der Waals surface area contributed by atoms with Crippen LogP contribution in [0.1, 0.15) is 23.1 Å². The van der Waals surface area contributed by atoms with Gasteiger partial charge >= 0.3 is 0 Å². The highest BCUT2D eigenvalue weighted by atomic mass is 19.1. The first kappa shape index (κ1) is 13.3. The van der Waals surface area contributed by atoms with Crippen molar-refractivity contribution in [1.29, 1.82) is 0 Å². The van der Waals surface area contributed by atoms with E-state index in [1.807, 2.05) is 6.07 Å². The molecule has 0 bridgehead atoms. The van der Waals surface area contributed by atoms with Gasteiger partial charge in [0.1, 0.15) is 11.6 Å². The Morgan fingerprint density at radius 2 is 1.85 bits per heavy atom. The summed E-state index contributed by atoms with van der Waals surface area (Å²) in [6.07, 6.45) is 2.28. The minimum Gasteiger partial charge on any atom is -0.373 e. The Hall–Kier alpha value is -1.74. The number of ether oxygens (including phenoxy) is 1. The topological polar surface area (TPSA) is 9.23 Å². The maximum Gasteiger partial charge on any atom is 0.126 e. The van der Waals surface area contributed by atoms with Gasteiger partial charge in [-0.25, -0.2) is 8.78 Å². The van der Waals surface area contributed by atoms with Crippen LogP contribution < -0.4 is 0 Å². The molecule has 2 aromatic carbocycles. The third kappa shape index (κ3) is 2.88. The lowest BCUT2D eigenvalue weighted by atomic mass is 9.95. The Balaban J connectivity index is 1.63. The van der Waals surface area contributed by atoms with Gasteiger partial charge in [-0.2, -0.15) is 0 Å². The summed E-state index contributed by atoms with van der Waals surface area (Å²) in [7, 11) is 0. The Kier molecular flexibility index (Phi) is 3.79. The molecule has 1 heterocycles. The second-order valence-electron chi connectivity index (χ2n) is 5.18. The lowest BCUT2D eigenvalue weighted by Crippen LogP contribution is -2.24. The molecule has 0 fully saturated rings. The van der Waals surface area contributed by atoms with E-state index in [1.165, 1.54) is 18.2 Å². The van der Waals surface area contributed by atoms with Gasteiger partial charge in [0.05, 0.1) is 12.7 Å². The molecule has 3 rings (SSSR count). The summed E-state index contributed by atoms with van der Waals surface area (Å²) >= 11 is 0. The zero-order chi connectivity index (χ0) is 13.9. The fraction of sp³-hybridized carbons (Fsp3) is 0.294. The number of hydrogen-bond acceptors (Lipinski definition) is 1. The molecule has 0 radical (unpaired) electrons. The summed E-state index contributed by atoms with van der Waals surface area (Å²) in [5.41, 5.74) is 2.81. The van der Waals surface area contributed by atoms with E-state index in [4.69, 9.17) is 4.74 Å². The molecule has 2 aromatic rings. The maximum absolute atomic E-state index is 13.8. The fourth-order valence-electron chi connectivity index (χ4n) is 2.63. The van der Waals surface area contributed by atoms with Crippen LogP contribution in [0.25, 0.3) is 0 Å². The minimum atomic E-state index is -0.223. The first-order valence-corrected chi connectivity index (χ1v) is 6.84. The highest BCUT2D eigenvalue weighted by molar-refractivity contribution is 5.30. The normalized spacial score (nSPS) is 17.8. The number of rotatable bonds is 3. The summed E-state index contributed by atoms with van der Waals surface area (Å²) in [5.74, 6) is -0.365. The Bertz CT molecular complexity index is 592. The van der Waals surface area contributed by atoms with Crippen LogP contribution in [0, 0.1) is 11.6 Å². The van der Waals surface area contributed by atoms with Crippen molar-refractivity contribution in [3.63, 3.8) is 0 Å². The molecular formula is C17H16F2O. The van der Waals surface area contributed by atoms with Crippen molar-refractivity contribution in [1.82, 2.24) is 0 Å². The van der Waals surface area contributed by atoms with E-state index < -0.39 is 0 Å². The quantitative estimate of drug-likeness (QED) is 0.820. The van der Waals surface area contributed by atoms with Gasteiger partial charge in [-0.15, -0.1) is 0 Å². The largest absolute Gasteiger partial charge is 0.373 e. The smallest absolute Gasteiger partial charge is 0.126 e. The van der Waals surface area contributed by atoms with E-state index in [1.54, 1.807) is 18.2 Å². The van der Waals surface area contributed by atoms with Crippen LogP contribution in [0.5, 0.6) is 0 Å². The molecule has 0 saturated carbocycles. The molecule has 1 aliphatic heterocycles. The summed E-state index contributed by atoms with van der Waals surface area (Å²) in [6.45, 7) is 0.473. The number of halogens is 2. The molecule has 0 aromatic heterocycles. The summed E-state index contributed by atoms with van der Waals surface area (Å²) in [6, 6.07) is 11.6. The van der Waals surface area contributed by atoms with Crippen LogP contribution >= 0.6 is 0 Å². The van der Waals surface area contributed by atoms with Crippen LogP contribution in [-0.4, -0.2) is 6.10 Å². The molecule has 0 amide bonds. The highest BCUT2D eigenvalue weighted by Gasteiger charge is 2.21. The Labute approximate surface area is 117 Å². The van der Waals surface area contributed by atoms with Crippen molar-refractivity contribution in [2.75, 3.05) is 0 Å². The summed E-state index contributed by atoms with van der Waals surface area (Å²) < 4.78 is 32.3. The maximum atomic E-state index is 13.8. The molecule has 1 atom stereocenters. The second kappa shape index (κ2) is 5.71. The van der Waals surface area contributed by atoms with Crippen LogP contribution in [0.4, 0.5) is 8.78 Å². The minimum absolute atomic E-state index is 0.0319. The third-order valence-corrected chi connectivity index (χ3v) is 3.79. The van der Waals surface area contributed by atoms with Crippen molar-refractivity contribution >= 4 is 0 Å². The van der Waals surface area contributed by atoms with E-state index in [0.29, 0.717) is 13.0 Å².